The number of carbonyl (C=O) groups is 2. The second-order valence-corrected chi connectivity index (χ2v) is 6.93. The molecular formula is C18H23F3N4O2. The maximum atomic E-state index is 13.1. The Labute approximate surface area is 155 Å². The predicted octanol–water partition coefficient (Wildman–Crippen LogP) is 3.10. The van der Waals surface area contributed by atoms with E-state index in [1.807, 2.05) is 0 Å². The smallest absolute Gasteiger partial charge is 0.359 e. The van der Waals surface area contributed by atoms with Crippen molar-refractivity contribution in [2.24, 2.45) is 0 Å². The van der Waals surface area contributed by atoms with E-state index in [4.69, 9.17) is 0 Å². The molecule has 1 saturated carbocycles. The van der Waals surface area contributed by atoms with Gasteiger partial charge in [0.2, 0.25) is 5.91 Å². The van der Waals surface area contributed by atoms with Crippen LogP contribution in [0.5, 0.6) is 0 Å². The molecule has 6 nitrogen and oxygen atoms in total. The van der Waals surface area contributed by atoms with Crippen LogP contribution < -0.4 is 20.9 Å². The molecule has 1 saturated heterocycles. The summed E-state index contributed by atoms with van der Waals surface area (Å²) < 4.78 is 39.3. The number of alkyl halides is 3. The molecule has 0 spiro atoms. The Hall–Kier alpha value is -2.45. The number of halogens is 3. The van der Waals surface area contributed by atoms with Crippen molar-refractivity contribution in [2.75, 3.05) is 29.9 Å². The van der Waals surface area contributed by atoms with E-state index < -0.39 is 17.8 Å². The summed E-state index contributed by atoms with van der Waals surface area (Å²) in [5.74, 6) is -0.209. The number of carbonyl (C=O) groups excluding carboxylic acids is 2. The SMILES string of the molecule is O=C1CN(c2ccc(C(F)(F)F)cc2NC(=O)NC2CCCCC2)CCN1. The van der Waals surface area contributed by atoms with E-state index in [9.17, 15) is 22.8 Å². The first-order chi connectivity index (χ1) is 12.8. The number of rotatable bonds is 3. The third kappa shape index (κ3) is 5.05. The second kappa shape index (κ2) is 8.06. The second-order valence-electron chi connectivity index (χ2n) is 6.93. The minimum absolute atomic E-state index is 0.0320. The van der Waals surface area contributed by atoms with Crippen LogP contribution in [0.1, 0.15) is 37.7 Å². The van der Waals surface area contributed by atoms with Crippen LogP contribution in [0, 0.1) is 0 Å². The lowest BCUT2D eigenvalue weighted by molar-refractivity contribution is -0.137. The Bertz CT molecular complexity index is 702. The van der Waals surface area contributed by atoms with Gasteiger partial charge in [0.05, 0.1) is 23.5 Å². The van der Waals surface area contributed by atoms with Crippen molar-refractivity contribution in [2.45, 2.75) is 44.3 Å². The normalized spacial score (nSPS) is 18.8. The molecule has 1 aromatic rings. The molecule has 3 amide bonds. The molecule has 0 atom stereocenters. The average molecular weight is 384 g/mol. The van der Waals surface area contributed by atoms with Crippen LogP contribution in [0.4, 0.5) is 29.3 Å². The highest BCUT2D eigenvalue weighted by Gasteiger charge is 2.32. The standard InChI is InChI=1S/C18H23F3N4O2/c19-18(20,21)12-6-7-15(25-9-8-22-16(26)11-25)14(10-12)24-17(27)23-13-4-2-1-3-5-13/h6-7,10,13H,1-5,8-9,11H2,(H,22,26)(H2,23,24,27). The first-order valence-electron chi connectivity index (χ1n) is 9.13. The molecule has 3 N–H and O–H groups in total. The molecule has 0 aromatic heterocycles. The number of nitrogens with zero attached hydrogens (tertiary/aromatic N) is 1. The van der Waals surface area contributed by atoms with E-state index in [0.717, 1.165) is 44.2 Å². The quantitative estimate of drug-likeness (QED) is 0.750. The lowest BCUT2D eigenvalue weighted by atomic mass is 9.96. The summed E-state index contributed by atoms with van der Waals surface area (Å²) in [6, 6.07) is 2.70. The van der Waals surface area contributed by atoms with Crippen LogP contribution in [0.15, 0.2) is 18.2 Å². The number of nitrogens with one attached hydrogen (secondary N) is 3. The van der Waals surface area contributed by atoms with E-state index in [1.165, 1.54) is 6.07 Å². The van der Waals surface area contributed by atoms with Crippen LogP contribution >= 0.6 is 0 Å². The van der Waals surface area contributed by atoms with Gasteiger partial charge in [0.25, 0.3) is 0 Å². The largest absolute Gasteiger partial charge is 0.416 e. The number of piperazine rings is 1. The van der Waals surface area contributed by atoms with Gasteiger partial charge in [-0.2, -0.15) is 13.2 Å². The molecule has 0 bridgehead atoms. The Morgan fingerprint density at radius 1 is 1.19 bits per heavy atom. The number of hydrogen-bond donors (Lipinski definition) is 3. The lowest BCUT2D eigenvalue weighted by Crippen LogP contribution is -2.48. The van der Waals surface area contributed by atoms with Gasteiger partial charge in [-0.3, -0.25) is 4.79 Å². The third-order valence-corrected chi connectivity index (χ3v) is 4.89. The number of urea groups is 1. The molecule has 2 aliphatic rings. The van der Waals surface area contributed by atoms with Gasteiger partial charge in [-0.1, -0.05) is 19.3 Å². The number of amides is 3. The zero-order valence-corrected chi connectivity index (χ0v) is 14.9. The molecule has 1 aromatic carbocycles. The van der Waals surface area contributed by atoms with Crippen LogP contribution in [-0.4, -0.2) is 37.6 Å². The molecule has 2 fully saturated rings. The fourth-order valence-electron chi connectivity index (χ4n) is 3.52. The molecule has 0 radical (unpaired) electrons. The first-order valence-corrected chi connectivity index (χ1v) is 9.13. The highest BCUT2D eigenvalue weighted by atomic mass is 19.4. The number of hydrogen-bond acceptors (Lipinski definition) is 3. The van der Waals surface area contributed by atoms with E-state index in [1.54, 1.807) is 4.90 Å². The highest BCUT2D eigenvalue weighted by molar-refractivity contribution is 5.94. The maximum absolute atomic E-state index is 13.1. The van der Waals surface area contributed by atoms with Crippen molar-refractivity contribution in [1.29, 1.82) is 0 Å². The van der Waals surface area contributed by atoms with Crippen molar-refractivity contribution >= 4 is 23.3 Å². The topological polar surface area (TPSA) is 73.5 Å². The number of anilines is 2. The number of benzene rings is 1. The van der Waals surface area contributed by atoms with Gasteiger partial charge >= 0.3 is 12.2 Å². The van der Waals surface area contributed by atoms with Crippen LogP contribution in [0.25, 0.3) is 0 Å². The average Bonchev–Trinajstić information content (AvgIpc) is 2.61. The van der Waals surface area contributed by atoms with Crippen molar-refractivity contribution in [3.05, 3.63) is 23.8 Å². The molecule has 0 unspecified atom stereocenters. The monoisotopic (exact) mass is 384 g/mol. The molecule has 27 heavy (non-hydrogen) atoms. The Balaban J connectivity index is 1.80. The van der Waals surface area contributed by atoms with E-state index in [0.29, 0.717) is 18.8 Å². The van der Waals surface area contributed by atoms with Gasteiger partial charge < -0.3 is 20.9 Å². The first kappa shape index (κ1) is 19.3. The molecule has 1 aliphatic heterocycles. The summed E-state index contributed by atoms with van der Waals surface area (Å²) in [7, 11) is 0. The molecule has 148 valence electrons. The van der Waals surface area contributed by atoms with Crippen molar-refractivity contribution < 1.29 is 22.8 Å². The van der Waals surface area contributed by atoms with E-state index in [-0.39, 0.29) is 24.2 Å². The van der Waals surface area contributed by atoms with E-state index in [2.05, 4.69) is 16.0 Å². The summed E-state index contributed by atoms with van der Waals surface area (Å²) >= 11 is 0. The molecule has 1 aliphatic carbocycles. The molecule has 3 rings (SSSR count). The summed E-state index contributed by atoms with van der Waals surface area (Å²) in [4.78, 5) is 25.6. The third-order valence-electron chi connectivity index (χ3n) is 4.89. The Morgan fingerprint density at radius 3 is 2.59 bits per heavy atom. The highest BCUT2D eigenvalue weighted by Crippen LogP contribution is 2.35. The zero-order valence-electron chi connectivity index (χ0n) is 14.9. The summed E-state index contributed by atoms with van der Waals surface area (Å²) in [5, 5.41) is 8.07. The Morgan fingerprint density at radius 2 is 1.93 bits per heavy atom. The molecule has 9 heteroatoms. The van der Waals surface area contributed by atoms with Gasteiger partial charge in [0, 0.05) is 19.1 Å². The van der Waals surface area contributed by atoms with Crippen LogP contribution in [0.3, 0.4) is 0 Å². The summed E-state index contributed by atoms with van der Waals surface area (Å²) in [5.41, 5.74) is -0.398. The fourth-order valence-corrected chi connectivity index (χ4v) is 3.52. The molecular weight excluding hydrogens is 361 g/mol. The zero-order chi connectivity index (χ0) is 19.4. The van der Waals surface area contributed by atoms with Gasteiger partial charge in [-0.05, 0) is 31.0 Å². The Kier molecular flexibility index (Phi) is 5.76. The minimum Gasteiger partial charge on any atom is -0.359 e. The predicted molar refractivity (Wildman–Crippen MR) is 95.7 cm³/mol. The summed E-state index contributed by atoms with van der Waals surface area (Å²) in [6.45, 7) is 0.883. The van der Waals surface area contributed by atoms with Crippen molar-refractivity contribution in [1.82, 2.24) is 10.6 Å². The van der Waals surface area contributed by atoms with Crippen molar-refractivity contribution in [3.63, 3.8) is 0 Å². The van der Waals surface area contributed by atoms with Crippen LogP contribution in [0.2, 0.25) is 0 Å². The van der Waals surface area contributed by atoms with Gasteiger partial charge in [0.1, 0.15) is 0 Å². The minimum atomic E-state index is -4.52. The van der Waals surface area contributed by atoms with E-state index >= 15 is 0 Å². The summed E-state index contributed by atoms with van der Waals surface area (Å²) in [6.07, 6.45) is 0.415. The maximum Gasteiger partial charge on any atom is 0.416 e. The molecule has 1 heterocycles. The van der Waals surface area contributed by atoms with Gasteiger partial charge in [-0.25, -0.2) is 4.79 Å². The van der Waals surface area contributed by atoms with Gasteiger partial charge in [0.15, 0.2) is 0 Å². The van der Waals surface area contributed by atoms with Crippen molar-refractivity contribution in [3.8, 4) is 0 Å². The fraction of sp³-hybridized carbons (Fsp3) is 0.556. The van der Waals surface area contributed by atoms with Crippen LogP contribution in [-0.2, 0) is 11.0 Å². The van der Waals surface area contributed by atoms with Gasteiger partial charge in [-0.15, -0.1) is 0 Å². The lowest BCUT2D eigenvalue weighted by Gasteiger charge is -2.31.